The topological polar surface area (TPSA) is 8.81 Å². The number of nitrogens with zero attached hydrogens (tertiary/aromatic N) is 2. The van der Waals surface area contributed by atoms with Crippen molar-refractivity contribution < 1.29 is 21.5 Å². The van der Waals surface area contributed by atoms with Gasteiger partial charge in [-0.3, -0.25) is 0 Å². The van der Waals surface area contributed by atoms with Crippen LogP contribution in [0.3, 0.4) is 0 Å². The largest absolute Gasteiger partial charge is 1.00 e. The van der Waals surface area contributed by atoms with Crippen molar-refractivity contribution in [1.29, 1.82) is 0 Å². The monoisotopic (exact) mass is 288 g/mol. The van der Waals surface area contributed by atoms with Crippen LogP contribution < -0.4 is 21.5 Å². The lowest BCUT2D eigenvalue weighted by atomic mass is 10.0. The Balaban J connectivity index is 0.00000225. The highest BCUT2D eigenvalue weighted by atomic mass is 79.9. The molecule has 1 rings (SSSR count). The summed E-state index contributed by atoms with van der Waals surface area (Å²) >= 11 is 0. The average Bonchev–Trinajstić information content (AvgIpc) is 2.67. The fourth-order valence-electron chi connectivity index (χ4n) is 1.44. The number of aromatic nitrogens is 2. The van der Waals surface area contributed by atoms with Crippen LogP contribution in [0.2, 0.25) is 0 Å². The third-order valence-electron chi connectivity index (χ3n) is 3.77. The number of imidazole rings is 1. The SMILES string of the molecule is CCC(C)(C)n1cc[n+](C(C)(C)CC)c1.[Br-]. The van der Waals surface area contributed by atoms with E-state index in [-0.39, 0.29) is 28.1 Å². The average molecular weight is 289 g/mol. The second-order valence-corrected chi connectivity index (χ2v) is 5.56. The normalized spacial score (nSPS) is 12.4. The molecule has 0 aliphatic carbocycles. The van der Waals surface area contributed by atoms with Crippen molar-refractivity contribution in [2.24, 2.45) is 0 Å². The summed E-state index contributed by atoms with van der Waals surface area (Å²) in [5.74, 6) is 0. The molecule has 0 atom stereocenters. The molecule has 1 heterocycles. The fourth-order valence-corrected chi connectivity index (χ4v) is 1.44. The Kier molecular flexibility index (Phi) is 5.24. The molecule has 0 aliphatic heterocycles. The van der Waals surface area contributed by atoms with Crippen LogP contribution in [0.5, 0.6) is 0 Å². The molecule has 94 valence electrons. The lowest BCUT2D eigenvalue weighted by Gasteiger charge is -2.21. The van der Waals surface area contributed by atoms with Gasteiger partial charge >= 0.3 is 0 Å². The minimum absolute atomic E-state index is 0. The summed E-state index contributed by atoms with van der Waals surface area (Å²) in [7, 11) is 0. The Morgan fingerprint density at radius 2 is 1.62 bits per heavy atom. The number of hydrogen-bond acceptors (Lipinski definition) is 0. The third-order valence-corrected chi connectivity index (χ3v) is 3.77. The predicted molar refractivity (Wildman–Crippen MR) is 63.9 cm³/mol. The maximum atomic E-state index is 2.31. The molecule has 0 fully saturated rings. The van der Waals surface area contributed by atoms with Crippen LogP contribution in [0.4, 0.5) is 0 Å². The van der Waals surface area contributed by atoms with Gasteiger partial charge in [-0.1, -0.05) is 13.8 Å². The lowest BCUT2D eigenvalue weighted by molar-refractivity contribution is -0.758. The van der Waals surface area contributed by atoms with Crippen molar-refractivity contribution in [2.75, 3.05) is 0 Å². The fraction of sp³-hybridized carbons (Fsp3) is 0.769. The highest BCUT2D eigenvalue weighted by Crippen LogP contribution is 2.19. The van der Waals surface area contributed by atoms with E-state index in [0.29, 0.717) is 0 Å². The first-order chi connectivity index (χ1) is 6.83. The first-order valence-electron chi connectivity index (χ1n) is 5.93. The van der Waals surface area contributed by atoms with Gasteiger partial charge in [0.15, 0.2) is 0 Å². The zero-order valence-corrected chi connectivity index (χ0v) is 13.0. The van der Waals surface area contributed by atoms with Gasteiger partial charge in [0.25, 0.3) is 0 Å². The molecule has 0 bridgehead atoms. The summed E-state index contributed by atoms with van der Waals surface area (Å²) < 4.78 is 4.62. The van der Waals surface area contributed by atoms with Gasteiger partial charge < -0.3 is 17.0 Å². The second-order valence-electron chi connectivity index (χ2n) is 5.56. The molecule has 0 radical (unpaired) electrons. The zero-order valence-electron chi connectivity index (χ0n) is 11.4. The van der Waals surface area contributed by atoms with Crippen LogP contribution in [-0.4, -0.2) is 4.57 Å². The van der Waals surface area contributed by atoms with Gasteiger partial charge in [0, 0.05) is 0 Å². The van der Waals surface area contributed by atoms with E-state index in [9.17, 15) is 0 Å². The van der Waals surface area contributed by atoms with Gasteiger partial charge in [0.1, 0.15) is 23.5 Å². The van der Waals surface area contributed by atoms with Crippen molar-refractivity contribution in [1.82, 2.24) is 4.57 Å². The van der Waals surface area contributed by atoms with Gasteiger partial charge in [-0.2, -0.15) is 0 Å². The maximum absolute atomic E-state index is 2.31. The minimum atomic E-state index is 0. The predicted octanol–water partition coefficient (Wildman–Crippen LogP) is 0.0698. The van der Waals surface area contributed by atoms with Crippen molar-refractivity contribution in [3.8, 4) is 0 Å². The van der Waals surface area contributed by atoms with E-state index in [0.717, 1.165) is 12.8 Å². The molecule has 1 aromatic rings. The van der Waals surface area contributed by atoms with Gasteiger partial charge in [0.2, 0.25) is 6.33 Å². The quantitative estimate of drug-likeness (QED) is 0.694. The second kappa shape index (κ2) is 5.35. The molecule has 0 saturated heterocycles. The maximum Gasteiger partial charge on any atom is 0.244 e. The van der Waals surface area contributed by atoms with Crippen molar-refractivity contribution in [2.45, 2.75) is 65.5 Å². The highest BCUT2D eigenvalue weighted by molar-refractivity contribution is 4.82. The molecule has 3 heteroatoms. The molecule has 0 spiro atoms. The van der Waals surface area contributed by atoms with Gasteiger partial charge in [-0.25, -0.2) is 9.13 Å². The molecular formula is C13H25BrN2. The molecule has 0 N–H and O–H groups in total. The Bertz CT molecular complexity index is 296. The lowest BCUT2D eigenvalue weighted by Crippen LogP contribution is -3.00. The molecule has 1 aromatic heterocycles. The van der Waals surface area contributed by atoms with Gasteiger partial charge in [-0.05, 0) is 40.5 Å². The first kappa shape index (κ1) is 15.7. The molecule has 16 heavy (non-hydrogen) atoms. The van der Waals surface area contributed by atoms with E-state index in [1.54, 1.807) is 0 Å². The van der Waals surface area contributed by atoms with Crippen LogP contribution >= 0.6 is 0 Å². The Morgan fingerprint density at radius 3 is 2.06 bits per heavy atom. The molecule has 0 amide bonds. The van der Waals surface area contributed by atoms with Crippen molar-refractivity contribution in [3.05, 3.63) is 18.7 Å². The standard InChI is InChI=1S/C13H25N2.BrH/c1-7-12(3,4)14-9-10-15(11-14)13(5,6)8-2;/h9-11H,7-8H2,1-6H3;1H/q+1;/p-1. The molecule has 0 aliphatic rings. The van der Waals surface area contributed by atoms with E-state index in [4.69, 9.17) is 0 Å². The van der Waals surface area contributed by atoms with Crippen LogP contribution in [-0.2, 0) is 11.1 Å². The number of rotatable bonds is 4. The number of halogens is 1. The Labute approximate surface area is 110 Å². The van der Waals surface area contributed by atoms with Crippen LogP contribution in [0.1, 0.15) is 54.4 Å². The molecule has 0 aromatic carbocycles. The van der Waals surface area contributed by atoms with Crippen LogP contribution in [0.25, 0.3) is 0 Å². The summed E-state index contributed by atoms with van der Waals surface area (Å²) in [6.07, 6.45) is 8.89. The smallest absolute Gasteiger partial charge is 0.244 e. The summed E-state index contributed by atoms with van der Waals surface area (Å²) in [5.41, 5.74) is 0.435. The highest BCUT2D eigenvalue weighted by Gasteiger charge is 2.28. The van der Waals surface area contributed by atoms with E-state index in [1.165, 1.54) is 0 Å². The van der Waals surface area contributed by atoms with E-state index in [1.807, 2.05) is 0 Å². The van der Waals surface area contributed by atoms with Gasteiger partial charge in [0.05, 0.1) is 0 Å². The number of hydrogen-bond donors (Lipinski definition) is 0. The summed E-state index contributed by atoms with van der Waals surface area (Å²) in [5, 5.41) is 0. The van der Waals surface area contributed by atoms with Crippen molar-refractivity contribution >= 4 is 0 Å². The van der Waals surface area contributed by atoms with E-state index in [2.05, 4.69) is 69.4 Å². The van der Waals surface area contributed by atoms with E-state index >= 15 is 0 Å². The van der Waals surface area contributed by atoms with E-state index < -0.39 is 0 Å². The summed E-state index contributed by atoms with van der Waals surface area (Å²) in [6, 6.07) is 0. The third kappa shape index (κ3) is 3.09. The molecule has 2 nitrogen and oxygen atoms in total. The summed E-state index contributed by atoms with van der Waals surface area (Å²) in [4.78, 5) is 0. The first-order valence-corrected chi connectivity index (χ1v) is 5.93. The Morgan fingerprint density at radius 1 is 1.06 bits per heavy atom. The minimum Gasteiger partial charge on any atom is -1.00 e. The summed E-state index contributed by atoms with van der Waals surface area (Å²) in [6.45, 7) is 13.6. The molecule has 0 unspecified atom stereocenters. The molecule has 0 saturated carbocycles. The van der Waals surface area contributed by atoms with Crippen LogP contribution in [0, 0.1) is 0 Å². The van der Waals surface area contributed by atoms with Crippen LogP contribution in [0.15, 0.2) is 18.7 Å². The zero-order chi connectivity index (χ0) is 11.7. The Hall–Kier alpha value is -0.310. The van der Waals surface area contributed by atoms with Gasteiger partial charge in [-0.15, -0.1) is 0 Å². The molecular weight excluding hydrogens is 264 g/mol. The van der Waals surface area contributed by atoms with Crippen molar-refractivity contribution in [3.63, 3.8) is 0 Å².